The Morgan fingerprint density at radius 3 is 2.50 bits per heavy atom. The van der Waals surface area contributed by atoms with Crippen molar-refractivity contribution in [2.75, 3.05) is 26.2 Å². The first-order valence-electron chi connectivity index (χ1n) is 13.7. The molecular formula is C29H30FN7O5. The summed E-state index contributed by atoms with van der Waals surface area (Å²) in [5.74, 6) is -2.56. The van der Waals surface area contributed by atoms with Crippen LogP contribution in [0, 0.1) is 11.2 Å². The molecule has 2 aromatic heterocycles. The van der Waals surface area contributed by atoms with Crippen molar-refractivity contribution in [3.8, 4) is 11.1 Å². The number of fused-ring (bicyclic) bond motifs is 2. The van der Waals surface area contributed by atoms with Gasteiger partial charge in [0.2, 0.25) is 17.7 Å². The van der Waals surface area contributed by atoms with Crippen molar-refractivity contribution in [2.45, 2.75) is 32.2 Å². The molecule has 1 aliphatic heterocycles. The lowest BCUT2D eigenvalue weighted by molar-refractivity contribution is -0.149. The number of amides is 3. The molecule has 2 aromatic carbocycles. The zero-order valence-corrected chi connectivity index (χ0v) is 23.2. The Balaban J connectivity index is 1.33. The van der Waals surface area contributed by atoms with Crippen molar-refractivity contribution in [1.29, 1.82) is 0 Å². The molecule has 0 atom stereocenters. The van der Waals surface area contributed by atoms with Crippen molar-refractivity contribution in [1.82, 2.24) is 35.1 Å². The van der Waals surface area contributed by atoms with Crippen molar-refractivity contribution in [2.24, 2.45) is 12.5 Å². The van der Waals surface area contributed by atoms with Crippen molar-refractivity contribution >= 4 is 45.5 Å². The number of rotatable bonds is 8. The van der Waals surface area contributed by atoms with E-state index in [4.69, 9.17) is 10.2 Å². The molecule has 1 spiro atoms. The lowest BCUT2D eigenvalue weighted by Gasteiger charge is -2.58. The summed E-state index contributed by atoms with van der Waals surface area (Å²) in [6.07, 6.45) is 3.27. The number of aryl methyl sites for hydroxylation is 1. The highest BCUT2D eigenvalue weighted by molar-refractivity contribution is 6.00. The number of hydrogen-bond acceptors (Lipinski definition) is 6. The van der Waals surface area contributed by atoms with E-state index in [0.29, 0.717) is 35.1 Å². The Kier molecular flexibility index (Phi) is 6.66. The maximum absolute atomic E-state index is 15.5. The fourth-order valence-electron chi connectivity index (χ4n) is 6.30. The summed E-state index contributed by atoms with van der Waals surface area (Å²) in [5.41, 5.74) is 3.31. The molecule has 6 rings (SSSR count). The molecule has 2 fully saturated rings. The number of nitrogens with zero attached hydrogens (tertiary/aromatic N) is 5. The molecular weight excluding hydrogens is 545 g/mol. The van der Waals surface area contributed by atoms with E-state index >= 15 is 4.39 Å². The van der Waals surface area contributed by atoms with Crippen LogP contribution in [0.25, 0.3) is 32.9 Å². The SMILES string of the molecule is CC(=O)N1CC2(CC(c3nn(CC(=O)NCC(=O)NCC(=O)O)c4cccc(-c5cc6c(cnn6C)cc5F)c34)C2)C1. The first kappa shape index (κ1) is 27.4. The number of nitrogens with one attached hydrogen (secondary N) is 2. The fraction of sp³-hybridized carbons (Fsp3) is 0.379. The Hall–Kier alpha value is -4.81. The molecule has 12 nitrogen and oxygen atoms in total. The molecule has 0 unspecified atom stereocenters. The Morgan fingerprint density at radius 2 is 1.79 bits per heavy atom. The first-order valence-corrected chi connectivity index (χ1v) is 13.7. The number of likely N-dealkylation sites (tertiary alicyclic amines) is 1. The maximum Gasteiger partial charge on any atom is 0.322 e. The molecule has 3 heterocycles. The summed E-state index contributed by atoms with van der Waals surface area (Å²) in [6.45, 7) is 1.88. The van der Waals surface area contributed by atoms with E-state index in [1.54, 1.807) is 41.7 Å². The molecule has 1 saturated heterocycles. The van der Waals surface area contributed by atoms with E-state index < -0.39 is 30.1 Å². The number of benzene rings is 2. The van der Waals surface area contributed by atoms with Crippen LogP contribution in [0.2, 0.25) is 0 Å². The highest BCUT2D eigenvalue weighted by atomic mass is 19.1. The summed E-state index contributed by atoms with van der Waals surface area (Å²) in [4.78, 5) is 48.9. The van der Waals surface area contributed by atoms with Gasteiger partial charge in [0.15, 0.2) is 0 Å². The van der Waals surface area contributed by atoms with Crippen LogP contribution in [-0.4, -0.2) is 79.4 Å². The lowest BCUT2D eigenvalue weighted by Crippen LogP contribution is -2.62. The summed E-state index contributed by atoms with van der Waals surface area (Å²) in [6, 6.07) is 8.71. The van der Waals surface area contributed by atoms with Gasteiger partial charge < -0.3 is 20.6 Å². The predicted octanol–water partition coefficient (Wildman–Crippen LogP) is 1.77. The molecule has 3 amide bonds. The second kappa shape index (κ2) is 10.2. The molecule has 2 aliphatic rings. The van der Waals surface area contributed by atoms with Crippen LogP contribution in [0.3, 0.4) is 0 Å². The average molecular weight is 576 g/mol. The number of halogens is 1. The minimum absolute atomic E-state index is 0.0565. The largest absolute Gasteiger partial charge is 0.480 e. The highest BCUT2D eigenvalue weighted by Crippen LogP contribution is 2.57. The van der Waals surface area contributed by atoms with Crippen LogP contribution in [-0.2, 0) is 32.8 Å². The molecule has 0 bridgehead atoms. The second-order valence-corrected chi connectivity index (χ2v) is 11.3. The zero-order valence-electron chi connectivity index (χ0n) is 23.2. The van der Waals surface area contributed by atoms with Gasteiger partial charge in [-0.05, 0) is 36.6 Å². The summed E-state index contributed by atoms with van der Waals surface area (Å²) in [5, 5.41) is 24.0. The minimum Gasteiger partial charge on any atom is -0.480 e. The number of aromatic nitrogens is 4. The van der Waals surface area contributed by atoms with E-state index in [1.807, 2.05) is 17.0 Å². The zero-order chi connectivity index (χ0) is 29.8. The van der Waals surface area contributed by atoms with Gasteiger partial charge >= 0.3 is 5.97 Å². The predicted molar refractivity (Wildman–Crippen MR) is 150 cm³/mol. The topological polar surface area (TPSA) is 151 Å². The van der Waals surface area contributed by atoms with Crippen LogP contribution >= 0.6 is 0 Å². The number of carboxylic acid groups (broad SMARTS) is 1. The average Bonchev–Trinajstić information content (AvgIpc) is 3.44. The third kappa shape index (κ3) is 4.84. The van der Waals surface area contributed by atoms with E-state index in [2.05, 4.69) is 15.7 Å². The van der Waals surface area contributed by atoms with Gasteiger partial charge in [0.25, 0.3) is 0 Å². The van der Waals surface area contributed by atoms with Gasteiger partial charge in [-0.3, -0.25) is 28.5 Å². The summed E-state index contributed by atoms with van der Waals surface area (Å²) >= 11 is 0. The lowest BCUT2D eigenvalue weighted by atomic mass is 9.56. The van der Waals surface area contributed by atoms with Gasteiger partial charge in [0, 0.05) is 54.7 Å². The first-order chi connectivity index (χ1) is 20.0. The Labute approximate surface area is 239 Å². The van der Waals surface area contributed by atoms with Crippen molar-refractivity contribution in [3.05, 3.63) is 48.0 Å². The molecule has 13 heteroatoms. The number of aliphatic carboxylic acids is 1. The van der Waals surface area contributed by atoms with Crippen LogP contribution < -0.4 is 10.6 Å². The number of carbonyl (C=O) groups is 4. The van der Waals surface area contributed by atoms with Crippen molar-refractivity contribution < 1.29 is 28.7 Å². The number of carbonyl (C=O) groups excluding carboxylic acids is 3. The monoisotopic (exact) mass is 575 g/mol. The molecule has 4 aromatic rings. The van der Waals surface area contributed by atoms with Crippen LogP contribution in [0.15, 0.2) is 36.5 Å². The van der Waals surface area contributed by atoms with Gasteiger partial charge in [0.1, 0.15) is 18.9 Å². The van der Waals surface area contributed by atoms with Gasteiger partial charge in [-0.1, -0.05) is 12.1 Å². The third-order valence-corrected chi connectivity index (χ3v) is 8.35. The quantitative estimate of drug-likeness (QED) is 0.290. The second-order valence-electron chi connectivity index (χ2n) is 11.3. The van der Waals surface area contributed by atoms with Crippen molar-refractivity contribution in [3.63, 3.8) is 0 Å². The summed E-state index contributed by atoms with van der Waals surface area (Å²) < 4.78 is 18.8. The molecule has 218 valence electrons. The molecule has 3 N–H and O–H groups in total. The Bertz CT molecular complexity index is 1760. The van der Waals surface area contributed by atoms with Crippen LogP contribution in [0.4, 0.5) is 4.39 Å². The normalized spacial score (nSPS) is 15.9. The highest BCUT2D eigenvalue weighted by Gasteiger charge is 2.54. The van der Waals surface area contributed by atoms with Gasteiger partial charge in [-0.2, -0.15) is 10.2 Å². The summed E-state index contributed by atoms with van der Waals surface area (Å²) in [7, 11) is 1.80. The van der Waals surface area contributed by atoms with E-state index in [1.165, 1.54) is 6.07 Å². The van der Waals surface area contributed by atoms with Gasteiger partial charge in [0.05, 0.1) is 29.5 Å². The third-order valence-electron chi connectivity index (χ3n) is 8.35. The van der Waals surface area contributed by atoms with E-state index in [9.17, 15) is 19.2 Å². The molecule has 42 heavy (non-hydrogen) atoms. The van der Waals surface area contributed by atoms with E-state index in [0.717, 1.165) is 29.4 Å². The fourth-order valence-corrected chi connectivity index (χ4v) is 6.30. The molecule has 0 radical (unpaired) electrons. The van der Waals surface area contributed by atoms with Crippen LogP contribution in [0.5, 0.6) is 0 Å². The Morgan fingerprint density at radius 1 is 1.05 bits per heavy atom. The number of hydrogen-bond donors (Lipinski definition) is 3. The minimum atomic E-state index is -1.19. The number of carboxylic acids is 1. The smallest absolute Gasteiger partial charge is 0.322 e. The maximum atomic E-state index is 15.5. The standard InChI is InChI=1S/C29H30FN7O5/c1-16(38)36-14-29(15-36)8-18(9-29)28-27-19(20-7-23-17(6-21(20)30)10-33-35(23)2)4-3-5-22(27)37(34-28)13-25(40)31-11-24(39)32-12-26(41)42/h3-7,10,18H,8-9,11-15H2,1-2H3,(H,31,40)(H,32,39)(H,41,42). The molecule has 1 saturated carbocycles. The molecule has 1 aliphatic carbocycles. The van der Waals surface area contributed by atoms with E-state index in [-0.39, 0.29) is 30.3 Å². The van der Waals surface area contributed by atoms with Gasteiger partial charge in [-0.25, -0.2) is 4.39 Å². The van der Waals surface area contributed by atoms with Gasteiger partial charge in [-0.15, -0.1) is 0 Å². The van der Waals surface area contributed by atoms with Crippen LogP contribution in [0.1, 0.15) is 31.4 Å².